The van der Waals surface area contributed by atoms with E-state index < -0.39 is 6.30 Å². The smallest absolute Gasteiger partial charge is 0.220 e. The van der Waals surface area contributed by atoms with Gasteiger partial charge in [-0.25, -0.2) is 4.39 Å². The van der Waals surface area contributed by atoms with E-state index >= 15 is 0 Å². The maximum absolute atomic E-state index is 12.8. The molecule has 1 atom stereocenters. The highest BCUT2D eigenvalue weighted by Gasteiger charge is 2.15. The zero-order valence-electron chi connectivity index (χ0n) is 7.23. The van der Waals surface area contributed by atoms with E-state index in [1.54, 1.807) is 0 Å². The summed E-state index contributed by atoms with van der Waals surface area (Å²) in [5.41, 5.74) is 0. The molecule has 5 nitrogen and oxygen atoms in total. The van der Waals surface area contributed by atoms with E-state index in [0.29, 0.717) is 5.23 Å². The molecule has 13 heavy (non-hydrogen) atoms. The number of halogens is 1. The Balaban J connectivity index is 3.79. The number of rotatable bonds is 8. The molecule has 0 aromatic carbocycles. The van der Waals surface area contributed by atoms with Gasteiger partial charge in [-0.15, -0.1) is 0 Å². The number of hydroxylamine groups is 2. The van der Waals surface area contributed by atoms with E-state index in [1.165, 1.54) is 0 Å². The van der Waals surface area contributed by atoms with Crippen LogP contribution in [0.2, 0.25) is 0 Å². The predicted molar refractivity (Wildman–Crippen MR) is 43.0 cm³/mol. The average Bonchev–Trinajstić information content (AvgIpc) is 2.17. The number of hydrogen-bond donors (Lipinski definition) is 2. The van der Waals surface area contributed by atoms with Crippen LogP contribution in [-0.2, 0) is 9.68 Å². The lowest BCUT2D eigenvalue weighted by molar-refractivity contribution is -0.400. The molecule has 0 spiro atoms. The largest absolute Gasteiger partial charge is 0.394 e. The van der Waals surface area contributed by atoms with E-state index in [4.69, 9.17) is 10.2 Å². The fraction of sp³-hybridized carbons (Fsp3) is 0.714. The van der Waals surface area contributed by atoms with Crippen LogP contribution in [0, 0.1) is 0 Å². The maximum Gasteiger partial charge on any atom is 0.220 e. The zero-order chi connectivity index (χ0) is 10.1. The lowest BCUT2D eigenvalue weighted by Crippen LogP contribution is -2.33. The molecule has 0 amide bonds. The number of alkyl halides is 1. The van der Waals surface area contributed by atoms with Gasteiger partial charge in [0.1, 0.15) is 0 Å². The average molecular weight is 195 g/mol. The quantitative estimate of drug-likeness (QED) is 0.314. The van der Waals surface area contributed by atoms with Crippen LogP contribution in [-0.4, -0.2) is 48.2 Å². The second-order valence-electron chi connectivity index (χ2n) is 2.01. The van der Waals surface area contributed by atoms with Gasteiger partial charge in [0.25, 0.3) is 0 Å². The molecule has 2 N–H and O–H groups in total. The molecule has 0 aliphatic heterocycles. The first-order valence-corrected chi connectivity index (χ1v) is 3.79. The van der Waals surface area contributed by atoms with Gasteiger partial charge >= 0.3 is 0 Å². The summed E-state index contributed by atoms with van der Waals surface area (Å²) in [5, 5.41) is 17.3. The molecule has 0 saturated carbocycles. The Morgan fingerprint density at radius 2 is 1.77 bits per heavy atom. The SMILES string of the molecule is C=CC(F)N(OCCO)OCCO. The van der Waals surface area contributed by atoms with Crippen LogP contribution in [0.5, 0.6) is 0 Å². The molecule has 0 fully saturated rings. The Hall–Kier alpha value is -0.530. The molecule has 0 bridgehead atoms. The summed E-state index contributed by atoms with van der Waals surface area (Å²) in [6.07, 6.45) is -0.660. The summed E-state index contributed by atoms with van der Waals surface area (Å²) in [6.45, 7) is 2.53. The van der Waals surface area contributed by atoms with Crippen molar-refractivity contribution in [1.29, 1.82) is 0 Å². The molecule has 0 rings (SSSR count). The first kappa shape index (κ1) is 12.5. The lowest BCUT2D eigenvalue weighted by Gasteiger charge is -2.21. The molecule has 0 aliphatic carbocycles. The highest BCUT2D eigenvalue weighted by atomic mass is 19.1. The first-order valence-electron chi connectivity index (χ1n) is 3.79. The van der Waals surface area contributed by atoms with Crippen LogP contribution in [0.15, 0.2) is 12.7 Å². The minimum Gasteiger partial charge on any atom is -0.394 e. The number of aliphatic hydroxyl groups is 2. The molecule has 0 aromatic rings. The van der Waals surface area contributed by atoms with E-state index in [-0.39, 0.29) is 26.4 Å². The topological polar surface area (TPSA) is 62.2 Å². The van der Waals surface area contributed by atoms with Crippen LogP contribution < -0.4 is 0 Å². The molecule has 1 unspecified atom stereocenters. The normalized spacial score (nSPS) is 13.2. The Morgan fingerprint density at radius 1 is 1.31 bits per heavy atom. The van der Waals surface area contributed by atoms with Crippen molar-refractivity contribution in [3.63, 3.8) is 0 Å². The van der Waals surface area contributed by atoms with Gasteiger partial charge in [0.15, 0.2) is 0 Å². The van der Waals surface area contributed by atoms with E-state index in [1.807, 2.05) is 0 Å². The van der Waals surface area contributed by atoms with Crippen LogP contribution in [0.3, 0.4) is 0 Å². The minimum absolute atomic E-state index is 0.0836. The zero-order valence-corrected chi connectivity index (χ0v) is 7.23. The van der Waals surface area contributed by atoms with Crippen LogP contribution in [0.1, 0.15) is 0 Å². The van der Waals surface area contributed by atoms with Crippen molar-refractivity contribution < 1.29 is 24.3 Å². The standard InChI is InChI=1S/C7H14FNO4/c1-2-7(8)9(12-5-3-10)13-6-4-11/h2,7,10-11H,1,3-6H2. The second kappa shape index (κ2) is 8.09. The van der Waals surface area contributed by atoms with Crippen molar-refractivity contribution in [3.8, 4) is 0 Å². The van der Waals surface area contributed by atoms with E-state index in [0.717, 1.165) is 6.08 Å². The van der Waals surface area contributed by atoms with E-state index in [2.05, 4.69) is 16.3 Å². The molecule has 0 heterocycles. The Kier molecular flexibility index (Phi) is 7.76. The Bertz CT molecular complexity index is 128. The number of hydrogen-bond acceptors (Lipinski definition) is 5. The van der Waals surface area contributed by atoms with Crippen molar-refractivity contribution in [2.45, 2.75) is 6.30 Å². The van der Waals surface area contributed by atoms with Crippen LogP contribution >= 0.6 is 0 Å². The van der Waals surface area contributed by atoms with Crippen molar-refractivity contribution in [1.82, 2.24) is 5.23 Å². The van der Waals surface area contributed by atoms with Gasteiger partial charge in [-0.1, -0.05) is 6.58 Å². The Morgan fingerprint density at radius 3 is 2.08 bits per heavy atom. The van der Waals surface area contributed by atoms with Gasteiger partial charge in [0.05, 0.1) is 26.4 Å². The van der Waals surface area contributed by atoms with Crippen molar-refractivity contribution in [2.75, 3.05) is 26.4 Å². The second-order valence-corrected chi connectivity index (χ2v) is 2.01. The molecule has 0 aliphatic rings. The summed E-state index contributed by atoms with van der Waals surface area (Å²) >= 11 is 0. The number of nitrogens with zero attached hydrogens (tertiary/aromatic N) is 1. The van der Waals surface area contributed by atoms with Crippen LogP contribution in [0.25, 0.3) is 0 Å². The summed E-state index contributed by atoms with van der Waals surface area (Å²) in [4.78, 5) is 9.30. The lowest BCUT2D eigenvalue weighted by atomic mass is 10.6. The third-order valence-electron chi connectivity index (χ3n) is 1.02. The minimum atomic E-state index is -1.63. The summed E-state index contributed by atoms with van der Waals surface area (Å²) in [6, 6.07) is 0. The van der Waals surface area contributed by atoms with Gasteiger partial charge in [-0.3, -0.25) is 9.68 Å². The van der Waals surface area contributed by atoms with Gasteiger partial charge in [0, 0.05) is 0 Å². The highest BCUT2D eigenvalue weighted by Crippen LogP contribution is 2.03. The molecule has 0 saturated heterocycles. The van der Waals surface area contributed by atoms with Gasteiger partial charge in [0.2, 0.25) is 6.30 Å². The molecular formula is C7H14FNO4. The molecular weight excluding hydrogens is 181 g/mol. The van der Waals surface area contributed by atoms with Crippen molar-refractivity contribution in [2.24, 2.45) is 0 Å². The summed E-state index contributed by atoms with van der Waals surface area (Å²) < 4.78 is 12.8. The monoisotopic (exact) mass is 195 g/mol. The van der Waals surface area contributed by atoms with Gasteiger partial charge in [-0.05, 0) is 11.3 Å². The third kappa shape index (κ3) is 5.67. The third-order valence-corrected chi connectivity index (χ3v) is 1.02. The fourth-order valence-electron chi connectivity index (χ4n) is 0.527. The summed E-state index contributed by atoms with van der Waals surface area (Å²) in [5.74, 6) is 0. The van der Waals surface area contributed by atoms with Crippen LogP contribution in [0.4, 0.5) is 4.39 Å². The molecule has 0 radical (unpaired) electrons. The molecule has 78 valence electrons. The van der Waals surface area contributed by atoms with Gasteiger partial charge < -0.3 is 10.2 Å². The maximum atomic E-state index is 12.8. The van der Waals surface area contributed by atoms with E-state index in [9.17, 15) is 4.39 Å². The predicted octanol–water partition coefficient (Wildman–Crippen LogP) is -0.382. The Labute approximate surface area is 75.9 Å². The number of aliphatic hydroxyl groups excluding tert-OH is 2. The van der Waals surface area contributed by atoms with Gasteiger partial charge in [-0.2, -0.15) is 0 Å². The molecule has 0 aromatic heterocycles. The first-order chi connectivity index (χ1) is 6.26. The molecule has 6 heteroatoms. The summed E-state index contributed by atoms with van der Waals surface area (Å²) in [7, 11) is 0. The fourth-order valence-corrected chi connectivity index (χ4v) is 0.527. The highest BCUT2D eigenvalue weighted by molar-refractivity contribution is 4.72. The van der Waals surface area contributed by atoms with Crippen molar-refractivity contribution in [3.05, 3.63) is 12.7 Å². The van der Waals surface area contributed by atoms with Crippen molar-refractivity contribution >= 4 is 0 Å².